The zero-order valence-electron chi connectivity index (χ0n) is 10.7. The van der Waals surface area contributed by atoms with Crippen LogP contribution in [0.25, 0.3) is 0 Å². The van der Waals surface area contributed by atoms with Crippen LogP contribution in [-0.2, 0) is 5.41 Å². The van der Waals surface area contributed by atoms with Gasteiger partial charge < -0.3 is 10.6 Å². The molecule has 1 aromatic carbocycles. The van der Waals surface area contributed by atoms with Crippen molar-refractivity contribution in [3.8, 4) is 0 Å². The van der Waals surface area contributed by atoms with E-state index in [1.165, 1.54) is 18.4 Å². The van der Waals surface area contributed by atoms with E-state index in [0.29, 0.717) is 10.0 Å². The van der Waals surface area contributed by atoms with E-state index in [4.69, 9.17) is 23.2 Å². The van der Waals surface area contributed by atoms with Gasteiger partial charge in [0.2, 0.25) is 0 Å². The van der Waals surface area contributed by atoms with Gasteiger partial charge >= 0.3 is 0 Å². The van der Waals surface area contributed by atoms with E-state index in [2.05, 4.69) is 16.7 Å². The Morgan fingerprint density at radius 2 is 2.17 bits per heavy atom. The lowest BCUT2D eigenvalue weighted by atomic mass is 9.72. The van der Waals surface area contributed by atoms with Crippen molar-refractivity contribution in [2.24, 2.45) is 0 Å². The van der Waals surface area contributed by atoms with Crippen LogP contribution in [0.1, 0.15) is 24.8 Å². The third-order valence-electron chi connectivity index (χ3n) is 3.86. The first kappa shape index (κ1) is 14.1. The van der Waals surface area contributed by atoms with E-state index < -0.39 is 0 Å². The van der Waals surface area contributed by atoms with Crippen molar-refractivity contribution in [2.45, 2.75) is 24.7 Å². The highest BCUT2D eigenvalue weighted by Gasteiger charge is 2.33. The largest absolute Gasteiger partial charge is 0.320 e. The van der Waals surface area contributed by atoms with Gasteiger partial charge in [-0.05, 0) is 57.1 Å². The number of rotatable bonds is 4. The summed E-state index contributed by atoms with van der Waals surface area (Å²) in [4.78, 5) is 0. The van der Waals surface area contributed by atoms with Crippen LogP contribution in [-0.4, -0.2) is 26.7 Å². The minimum absolute atomic E-state index is 0.190. The quantitative estimate of drug-likeness (QED) is 0.888. The van der Waals surface area contributed by atoms with Gasteiger partial charge in [0, 0.05) is 12.0 Å². The van der Waals surface area contributed by atoms with E-state index in [1.54, 1.807) is 0 Å². The molecule has 1 unspecified atom stereocenters. The summed E-state index contributed by atoms with van der Waals surface area (Å²) in [5, 5.41) is 8.05. The van der Waals surface area contributed by atoms with Gasteiger partial charge in [0.25, 0.3) is 0 Å². The predicted octanol–water partition coefficient (Wildman–Crippen LogP) is 3.22. The molecule has 0 spiro atoms. The molecular formula is C14H20Cl2N2. The third kappa shape index (κ3) is 3.00. The summed E-state index contributed by atoms with van der Waals surface area (Å²) in [6, 6.07) is 6.07. The zero-order valence-corrected chi connectivity index (χ0v) is 12.2. The fourth-order valence-electron chi connectivity index (χ4n) is 2.76. The maximum Gasteiger partial charge on any atom is 0.0595 e. The average molecular weight is 287 g/mol. The van der Waals surface area contributed by atoms with Gasteiger partial charge in [-0.2, -0.15) is 0 Å². The van der Waals surface area contributed by atoms with Gasteiger partial charge in [-0.15, -0.1) is 0 Å². The van der Waals surface area contributed by atoms with Crippen LogP contribution in [0, 0.1) is 0 Å². The minimum Gasteiger partial charge on any atom is -0.320 e. The first-order valence-corrected chi connectivity index (χ1v) is 7.24. The molecule has 0 saturated carbocycles. The maximum absolute atomic E-state index is 6.16. The van der Waals surface area contributed by atoms with Crippen molar-refractivity contribution in [2.75, 3.05) is 26.7 Å². The van der Waals surface area contributed by atoms with Crippen LogP contribution in [0.4, 0.5) is 0 Å². The number of halogens is 2. The molecule has 0 aromatic heterocycles. The van der Waals surface area contributed by atoms with Crippen molar-refractivity contribution >= 4 is 23.2 Å². The molecule has 1 saturated heterocycles. The summed E-state index contributed by atoms with van der Waals surface area (Å²) in [6.07, 6.45) is 3.54. The summed E-state index contributed by atoms with van der Waals surface area (Å²) >= 11 is 12.2. The monoisotopic (exact) mass is 286 g/mol. The zero-order chi connectivity index (χ0) is 13.0. The standard InChI is InChI=1S/C14H20Cl2N2/c1-17-8-6-14(5-2-7-18-10-14)11-3-4-12(15)13(16)9-11/h3-4,9,17-18H,2,5-8,10H2,1H3. The Hall–Kier alpha value is -0.280. The number of nitrogens with one attached hydrogen (secondary N) is 2. The lowest BCUT2D eigenvalue weighted by Gasteiger charge is -2.38. The first-order chi connectivity index (χ1) is 8.68. The molecule has 0 radical (unpaired) electrons. The maximum atomic E-state index is 6.16. The van der Waals surface area contributed by atoms with Gasteiger partial charge in [-0.1, -0.05) is 29.3 Å². The fourth-order valence-corrected chi connectivity index (χ4v) is 3.06. The van der Waals surface area contributed by atoms with Gasteiger partial charge in [-0.3, -0.25) is 0 Å². The molecule has 18 heavy (non-hydrogen) atoms. The van der Waals surface area contributed by atoms with Crippen LogP contribution < -0.4 is 10.6 Å². The van der Waals surface area contributed by atoms with Crippen molar-refractivity contribution in [1.82, 2.24) is 10.6 Å². The average Bonchev–Trinajstić information content (AvgIpc) is 2.40. The van der Waals surface area contributed by atoms with E-state index in [0.717, 1.165) is 26.1 Å². The lowest BCUT2D eigenvalue weighted by molar-refractivity contribution is 0.291. The molecule has 0 bridgehead atoms. The van der Waals surface area contributed by atoms with E-state index >= 15 is 0 Å². The molecule has 2 N–H and O–H groups in total. The molecule has 1 fully saturated rings. The summed E-state index contributed by atoms with van der Waals surface area (Å²) in [6.45, 7) is 3.15. The van der Waals surface area contributed by atoms with Crippen LogP contribution in [0.5, 0.6) is 0 Å². The molecule has 1 aliphatic heterocycles. The van der Waals surface area contributed by atoms with Gasteiger partial charge in [-0.25, -0.2) is 0 Å². The summed E-state index contributed by atoms with van der Waals surface area (Å²) < 4.78 is 0. The fraction of sp³-hybridized carbons (Fsp3) is 0.571. The summed E-state index contributed by atoms with van der Waals surface area (Å²) in [5.74, 6) is 0. The molecule has 0 amide bonds. The van der Waals surface area contributed by atoms with E-state index in [9.17, 15) is 0 Å². The van der Waals surface area contributed by atoms with Crippen LogP contribution in [0.2, 0.25) is 10.0 Å². The topological polar surface area (TPSA) is 24.1 Å². The first-order valence-electron chi connectivity index (χ1n) is 6.49. The second-order valence-corrected chi connectivity index (χ2v) is 5.86. The second kappa shape index (κ2) is 6.25. The van der Waals surface area contributed by atoms with Crippen molar-refractivity contribution in [3.05, 3.63) is 33.8 Å². The highest BCUT2D eigenvalue weighted by atomic mass is 35.5. The molecule has 1 aliphatic rings. The normalized spacial score (nSPS) is 24.2. The molecule has 4 heteroatoms. The number of piperidine rings is 1. The molecule has 2 nitrogen and oxygen atoms in total. The Morgan fingerprint density at radius 3 is 2.78 bits per heavy atom. The molecule has 0 aliphatic carbocycles. The number of hydrogen-bond donors (Lipinski definition) is 2. The lowest BCUT2D eigenvalue weighted by Crippen LogP contribution is -2.44. The van der Waals surface area contributed by atoms with Crippen molar-refractivity contribution < 1.29 is 0 Å². The number of hydrogen-bond acceptors (Lipinski definition) is 2. The Bertz CT molecular complexity index is 401. The second-order valence-electron chi connectivity index (χ2n) is 5.04. The highest BCUT2D eigenvalue weighted by molar-refractivity contribution is 6.42. The Labute approximate surface area is 119 Å². The Kier molecular flexibility index (Phi) is 4.91. The third-order valence-corrected chi connectivity index (χ3v) is 4.60. The molecule has 1 atom stereocenters. The molecule has 2 rings (SSSR count). The minimum atomic E-state index is 0.190. The number of benzene rings is 1. The summed E-state index contributed by atoms with van der Waals surface area (Å²) in [5.41, 5.74) is 1.49. The smallest absolute Gasteiger partial charge is 0.0595 e. The molecule has 1 heterocycles. The van der Waals surface area contributed by atoms with Crippen LogP contribution >= 0.6 is 23.2 Å². The Morgan fingerprint density at radius 1 is 1.33 bits per heavy atom. The van der Waals surface area contributed by atoms with Crippen LogP contribution in [0.15, 0.2) is 18.2 Å². The Balaban J connectivity index is 2.29. The molecule has 100 valence electrons. The molecule has 1 aromatic rings. The van der Waals surface area contributed by atoms with E-state index in [-0.39, 0.29) is 5.41 Å². The molecular weight excluding hydrogens is 267 g/mol. The van der Waals surface area contributed by atoms with Gasteiger partial charge in [0.1, 0.15) is 0 Å². The highest BCUT2D eigenvalue weighted by Crippen LogP contribution is 2.37. The summed E-state index contributed by atoms with van der Waals surface area (Å²) in [7, 11) is 2.00. The predicted molar refractivity (Wildman–Crippen MR) is 78.8 cm³/mol. The SMILES string of the molecule is CNCCC1(c2ccc(Cl)c(Cl)c2)CCCNC1. The van der Waals surface area contributed by atoms with Gasteiger partial charge in [0.15, 0.2) is 0 Å². The van der Waals surface area contributed by atoms with Crippen molar-refractivity contribution in [1.29, 1.82) is 0 Å². The van der Waals surface area contributed by atoms with Crippen LogP contribution in [0.3, 0.4) is 0 Å². The van der Waals surface area contributed by atoms with Gasteiger partial charge in [0.05, 0.1) is 10.0 Å². The van der Waals surface area contributed by atoms with E-state index in [1.807, 2.05) is 19.2 Å². The van der Waals surface area contributed by atoms with Crippen molar-refractivity contribution in [3.63, 3.8) is 0 Å².